The normalized spacial score (nSPS) is 16.7. The summed E-state index contributed by atoms with van der Waals surface area (Å²) >= 11 is 0. The third kappa shape index (κ3) is 3.30. The van der Waals surface area contributed by atoms with Gasteiger partial charge in [-0.2, -0.15) is 0 Å². The largest absolute Gasteiger partial charge is 0.497 e. The Morgan fingerprint density at radius 2 is 1.93 bits per heavy atom. The summed E-state index contributed by atoms with van der Waals surface area (Å²) in [6.07, 6.45) is 1.90. The number of imidazole rings is 1. The molecule has 2 aromatic carbocycles. The fraction of sp³-hybridized carbons (Fsp3) is 0.364. The van der Waals surface area contributed by atoms with Gasteiger partial charge >= 0.3 is 6.03 Å². The second-order valence-corrected chi connectivity index (χ2v) is 7.43. The molecule has 1 aliphatic rings. The van der Waals surface area contributed by atoms with Gasteiger partial charge in [0.1, 0.15) is 11.6 Å². The number of amides is 2. The minimum Gasteiger partial charge on any atom is -0.497 e. The Hall–Kier alpha value is -3.02. The average molecular weight is 378 g/mol. The van der Waals surface area contributed by atoms with E-state index in [-0.39, 0.29) is 18.1 Å². The number of aromatic nitrogens is 2. The van der Waals surface area contributed by atoms with Crippen molar-refractivity contribution in [3.63, 3.8) is 0 Å². The predicted molar refractivity (Wildman–Crippen MR) is 111 cm³/mol. The topological polar surface area (TPSA) is 59.4 Å². The maximum absolute atomic E-state index is 13.0. The van der Waals surface area contributed by atoms with E-state index < -0.39 is 0 Å². The zero-order valence-electron chi connectivity index (χ0n) is 16.6. The first-order valence-corrected chi connectivity index (χ1v) is 9.77. The standard InChI is InChI=1S/C22H26N4O2/c1-15(2)26-19-8-5-4-7-18(19)24-21(26)20-9-6-14-25(20)22(27)23-16-10-12-17(28-3)13-11-16/h4-5,7-8,10-13,15,20H,6,9,14H2,1-3H3,(H,23,27). The van der Waals surface area contributed by atoms with Gasteiger partial charge in [-0.15, -0.1) is 0 Å². The van der Waals surface area contributed by atoms with Crippen molar-refractivity contribution >= 4 is 22.8 Å². The lowest BCUT2D eigenvalue weighted by Crippen LogP contribution is -2.35. The van der Waals surface area contributed by atoms with Crippen molar-refractivity contribution in [2.75, 3.05) is 19.0 Å². The number of para-hydroxylation sites is 2. The van der Waals surface area contributed by atoms with Gasteiger partial charge in [0.25, 0.3) is 0 Å². The molecule has 1 unspecified atom stereocenters. The van der Waals surface area contributed by atoms with E-state index in [0.717, 1.165) is 47.7 Å². The number of carbonyl (C=O) groups excluding carboxylic acids is 1. The molecule has 3 aromatic rings. The summed E-state index contributed by atoms with van der Waals surface area (Å²) in [6, 6.07) is 15.7. The van der Waals surface area contributed by atoms with Gasteiger partial charge < -0.3 is 19.5 Å². The van der Waals surface area contributed by atoms with Crippen LogP contribution in [0.1, 0.15) is 44.6 Å². The maximum Gasteiger partial charge on any atom is 0.322 e. The van der Waals surface area contributed by atoms with Gasteiger partial charge in [0, 0.05) is 18.3 Å². The van der Waals surface area contributed by atoms with Crippen LogP contribution >= 0.6 is 0 Å². The number of urea groups is 1. The van der Waals surface area contributed by atoms with Gasteiger partial charge in [-0.05, 0) is 63.1 Å². The summed E-state index contributed by atoms with van der Waals surface area (Å²) < 4.78 is 7.44. The van der Waals surface area contributed by atoms with Crippen molar-refractivity contribution in [2.24, 2.45) is 0 Å². The van der Waals surface area contributed by atoms with Crippen molar-refractivity contribution < 1.29 is 9.53 Å². The van der Waals surface area contributed by atoms with Crippen LogP contribution in [-0.2, 0) is 0 Å². The molecular weight excluding hydrogens is 352 g/mol. The van der Waals surface area contributed by atoms with Crippen molar-refractivity contribution in [1.29, 1.82) is 0 Å². The molecule has 2 heterocycles. The van der Waals surface area contributed by atoms with Crippen LogP contribution in [0.4, 0.5) is 10.5 Å². The van der Waals surface area contributed by atoms with E-state index in [2.05, 4.69) is 29.8 Å². The van der Waals surface area contributed by atoms with E-state index in [4.69, 9.17) is 9.72 Å². The Morgan fingerprint density at radius 1 is 1.18 bits per heavy atom. The van der Waals surface area contributed by atoms with E-state index in [1.807, 2.05) is 47.4 Å². The second-order valence-electron chi connectivity index (χ2n) is 7.43. The number of likely N-dealkylation sites (tertiary alicyclic amines) is 1. The van der Waals surface area contributed by atoms with Crippen LogP contribution < -0.4 is 10.1 Å². The number of benzene rings is 2. The van der Waals surface area contributed by atoms with E-state index in [1.54, 1.807) is 7.11 Å². The first-order valence-electron chi connectivity index (χ1n) is 9.77. The number of hydrogen-bond donors (Lipinski definition) is 1. The van der Waals surface area contributed by atoms with Crippen LogP contribution in [0, 0.1) is 0 Å². The Bertz CT molecular complexity index is 978. The molecule has 1 fully saturated rings. The molecule has 1 aliphatic heterocycles. The fourth-order valence-corrected chi connectivity index (χ4v) is 3.99. The van der Waals surface area contributed by atoms with Gasteiger partial charge in [0.15, 0.2) is 0 Å². The molecule has 0 radical (unpaired) electrons. The lowest BCUT2D eigenvalue weighted by atomic mass is 10.2. The van der Waals surface area contributed by atoms with E-state index in [9.17, 15) is 4.79 Å². The van der Waals surface area contributed by atoms with E-state index in [1.165, 1.54) is 0 Å². The first kappa shape index (κ1) is 18.3. The SMILES string of the molecule is COc1ccc(NC(=O)N2CCCC2c2nc3ccccc3n2C(C)C)cc1. The zero-order chi connectivity index (χ0) is 19.7. The summed E-state index contributed by atoms with van der Waals surface area (Å²) in [7, 11) is 1.63. The highest BCUT2D eigenvalue weighted by Gasteiger charge is 2.34. The van der Waals surface area contributed by atoms with Crippen LogP contribution in [0.25, 0.3) is 11.0 Å². The molecule has 2 amide bonds. The summed E-state index contributed by atoms with van der Waals surface area (Å²) in [5, 5.41) is 3.01. The highest BCUT2D eigenvalue weighted by molar-refractivity contribution is 5.90. The molecule has 6 nitrogen and oxygen atoms in total. The number of ether oxygens (including phenoxy) is 1. The fourth-order valence-electron chi connectivity index (χ4n) is 3.99. The van der Waals surface area contributed by atoms with Gasteiger partial charge in [-0.25, -0.2) is 9.78 Å². The number of rotatable bonds is 4. The Morgan fingerprint density at radius 3 is 2.64 bits per heavy atom. The number of nitrogens with one attached hydrogen (secondary N) is 1. The maximum atomic E-state index is 13.0. The van der Waals surface area contributed by atoms with Crippen LogP contribution in [0.3, 0.4) is 0 Å². The van der Waals surface area contributed by atoms with Gasteiger partial charge in [-0.1, -0.05) is 12.1 Å². The van der Waals surface area contributed by atoms with Crippen LogP contribution in [0.15, 0.2) is 48.5 Å². The molecule has 4 rings (SSSR count). The smallest absolute Gasteiger partial charge is 0.322 e. The van der Waals surface area contributed by atoms with Crippen molar-refractivity contribution in [3.05, 3.63) is 54.4 Å². The molecular formula is C22H26N4O2. The quantitative estimate of drug-likeness (QED) is 0.695. The summed E-state index contributed by atoms with van der Waals surface area (Å²) in [4.78, 5) is 19.8. The number of nitrogens with zero attached hydrogens (tertiary/aromatic N) is 3. The number of anilines is 1. The van der Waals surface area contributed by atoms with Gasteiger partial charge in [0.05, 0.1) is 24.2 Å². The van der Waals surface area contributed by atoms with Gasteiger partial charge in [0.2, 0.25) is 0 Å². The molecule has 0 spiro atoms. The molecule has 0 bridgehead atoms. The molecule has 6 heteroatoms. The summed E-state index contributed by atoms with van der Waals surface area (Å²) in [6.45, 7) is 5.05. The van der Waals surface area contributed by atoms with Crippen molar-refractivity contribution in [1.82, 2.24) is 14.5 Å². The summed E-state index contributed by atoms with van der Waals surface area (Å²) in [5.41, 5.74) is 2.86. The second kappa shape index (κ2) is 7.54. The molecule has 1 N–H and O–H groups in total. The average Bonchev–Trinajstić information content (AvgIpc) is 3.33. The number of hydrogen-bond acceptors (Lipinski definition) is 3. The number of fused-ring (bicyclic) bond motifs is 1. The van der Waals surface area contributed by atoms with Crippen LogP contribution in [0.2, 0.25) is 0 Å². The lowest BCUT2D eigenvalue weighted by Gasteiger charge is -2.26. The number of carbonyl (C=O) groups is 1. The molecule has 146 valence electrons. The van der Waals surface area contributed by atoms with E-state index >= 15 is 0 Å². The van der Waals surface area contributed by atoms with Gasteiger partial charge in [-0.3, -0.25) is 0 Å². The van der Waals surface area contributed by atoms with Crippen molar-refractivity contribution in [2.45, 2.75) is 38.8 Å². The minimum absolute atomic E-state index is 0.0203. The summed E-state index contributed by atoms with van der Waals surface area (Å²) in [5.74, 6) is 1.74. The Balaban J connectivity index is 1.62. The van der Waals surface area contributed by atoms with E-state index in [0.29, 0.717) is 0 Å². The molecule has 0 saturated carbocycles. The van der Waals surface area contributed by atoms with Crippen LogP contribution in [0.5, 0.6) is 5.75 Å². The molecule has 0 aliphatic carbocycles. The zero-order valence-corrected chi connectivity index (χ0v) is 16.6. The minimum atomic E-state index is -0.0879. The molecule has 1 atom stereocenters. The first-order chi connectivity index (χ1) is 13.6. The van der Waals surface area contributed by atoms with Crippen molar-refractivity contribution in [3.8, 4) is 5.75 Å². The predicted octanol–water partition coefficient (Wildman–Crippen LogP) is 4.99. The van der Waals surface area contributed by atoms with Crippen LogP contribution in [-0.4, -0.2) is 34.1 Å². The Kier molecular flexibility index (Phi) is 4.94. The molecule has 1 saturated heterocycles. The highest BCUT2D eigenvalue weighted by Crippen LogP contribution is 2.35. The lowest BCUT2D eigenvalue weighted by molar-refractivity contribution is 0.203. The highest BCUT2D eigenvalue weighted by atomic mass is 16.5. The third-order valence-corrected chi connectivity index (χ3v) is 5.29. The molecule has 1 aromatic heterocycles. The third-order valence-electron chi connectivity index (χ3n) is 5.29. The Labute approximate surface area is 165 Å². The number of methoxy groups -OCH3 is 1. The monoisotopic (exact) mass is 378 g/mol. The molecule has 28 heavy (non-hydrogen) atoms.